The first kappa shape index (κ1) is 13.5. The minimum Gasteiger partial charge on any atom is -0.460 e. The Morgan fingerprint density at radius 3 is 2.69 bits per heavy atom. The lowest BCUT2D eigenvalue weighted by Gasteiger charge is -2.23. The van der Waals surface area contributed by atoms with Crippen molar-refractivity contribution in [1.82, 2.24) is 0 Å². The lowest BCUT2D eigenvalue weighted by molar-refractivity contribution is -0.155. The summed E-state index contributed by atoms with van der Waals surface area (Å²) < 4.78 is 11.2. The van der Waals surface area contributed by atoms with Crippen LogP contribution in [0.4, 0.5) is 0 Å². The van der Waals surface area contributed by atoms with E-state index in [1.165, 1.54) is 19.8 Å². The molecule has 0 saturated heterocycles. The molecule has 3 heteroatoms. The highest BCUT2D eigenvalue weighted by atomic mass is 16.6. The third kappa shape index (κ3) is 4.52. The maximum atomic E-state index is 10.9. The molecule has 3 unspecified atom stereocenters. The van der Waals surface area contributed by atoms with Gasteiger partial charge in [-0.2, -0.15) is 0 Å². The summed E-state index contributed by atoms with van der Waals surface area (Å²) in [7, 11) is 0. The quantitative estimate of drug-likeness (QED) is 0.655. The minimum absolute atomic E-state index is 0.0124. The molecule has 0 spiro atoms. The van der Waals surface area contributed by atoms with Crippen molar-refractivity contribution in [2.75, 3.05) is 0 Å². The third-order valence-corrected chi connectivity index (χ3v) is 3.08. The number of ether oxygens (including phenoxy) is 2. The van der Waals surface area contributed by atoms with Gasteiger partial charge in [0.15, 0.2) is 0 Å². The Balaban J connectivity index is 2.31. The first-order valence-corrected chi connectivity index (χ1v) is 6.46. The van der Waals surface area contributed by atoms with E-state index in [0.717, 1.165) is 25.7 Å². The van der Waals surface area contributed by atoms with Gasteiger partial charge in [0.1, 0.15) is 6.10 Å². The van der Waals surface area contributed by atoms with Crippen LogP contribution in [0.15, 0.2) is 0 Å². The smallest absolute Gasteiger partial charge is 0.302 e. The molecular formula is C13H24O3. The van der Waals surface area contributed by atoms with Crippen molar-refractivity contribution in [1.29, 1.82) is 0 Å². The number of hydrogen-bond acceptors (Lipinski definition) is 3. The second-order valence-corrected chi connectivity index (χ2v) is 4.71. The fourth-order valence-corrected chi connectivity index (χ4v) is 2.25. The SMILES string of the molecule is CCCCC(C)OC1CCCC1OC(C)=O. The summed E-state index contributed by atoms with van der Waals surface area (Å²) in [5, 5.41) is 0. The standard InChI is InChI=1S/C13H24O3/c1-4-5-7-10(2)15-12-8-6-9-13(12)16-11(3)14/h10,12-13H,4-9H2,1-3H3. The number of carbonyl (C=O) groups excluding carboxylic acids is 1. The number of esters is 1. The van der Waals surface area contributed by atoms with Gasteiger partial charge in [0, 0.05) is 6.92 Å². The van der Waals surface area contributed by atoms with Gasteiger partial charge in [-0.3, -0.25) is 4.79 Å². The summed E-state index contributed by atoms with van der Waals surface area (Å²) >= 11 is 0. The summed E-state index contributed by atoms with van der Waals surface area (Å²) in [5.74, 6) is -0.193. The van der Waals surface area contributed by atoms with E-state index in [9.17, 15) is 4.79 Å². The lowest BCUT2D eigenvalue weighted by Crippen LogP contribution is -2.30. The summed E-state index contributed by atoms with van der Waals surface area (Å²) in [6, 6.07) is 0. The van der Waals surface area contributed by atoms with E-state index in [-0.39, 0.29) is 24.3 Å². The van der Waals surface area contributed by atoms with Gasteiger partial charge in [0.25, 0.3) is 0 Å². The van der Waals surface area contributed by atoms with Gasteiger partial charge >= 0.3 is 5.97 Å². The molecule has 0 aliphatic heterocycles. The largest absolute Gasteiger partial charge is 0.460 e. The molecule has 1 aliphatic carbocycles. The topological polar surface area (TPSA) is 35.5 Å². The van der Waals surface area contributed by atoms with Gasteiger partial charge in [-0.25, -0.2) is 0 Å². The molecule has 0 amide bonds. The van der Waals surface area contributed by atoms with Crippen molar-refractivity contribution in [2.45, 2.75) is 77.6 Å². The Labute approximate surface area is 98.5 Å². The predicted molar refractivity (Wildman–Crippen MR) is 63.3 cm³/mol. The molecule has 0 aromatic heterocycles. The van der Waals surface area contributed by atoms with Crippen LogP contribution in [0.2, 0.25) is 0 Å². The molecule has 3 nitrogen and oxygen atoms in total. The van der Waals surface area contributed by atoms with E-state index in [0.29, 0.717) is 0 Å². The average Bonchev–Trinajstić information content (AvgIpc) is 2.62. The summed E-state index contributed by atoms with van der Waals surface area (Å²) in [4.78, 5) is 10.9. The zero-order valence-corrected chi connectivity index (χ0v) is 10.7. The van der Waals surface area contributed by atoms with Crippen LogP contribution >= 0.6 is 0 Å². The Hall–Kier alpha value is -0.570. The van der Waals surface area contributed by atoms with Gasteiger partial charge < -0.3 is 9.47 Å². The number of hydrogen-bond donors (Lipinski definition) is 0. The van der Waals surface area contributed by atoms with Crippen LogP contribution in [0.1, 0.15) is 59.3 Å². The van der Waals surface area contributed by atoms with E-state index in [2.05, 4.69) is 13.8 Å². The molecule has 1 fully saturated rings. The number of unbranched alkanes of at least 4 members (excludes halogenated alkanes) is 1. The van der Waals surface area contributed by atoms with E-state index in [1.807, 2.05) is 0 Å². The third-order valence-electron chi connectivity index (χ3n) is 3.08. The zero-order valence-electron chi connectivity index (χ0n) is 10.7. The highest BCUT2D eigenvalue weighted by Crippen LogP contribution is 2.26. The molecule has 16 heavy (non-hydrogen) atoms. The van der Waals surface area contributed by atoms with Crippen LogP contribution in [-0.4, -0.2) is 24.3 Å². The Bertz CT molecular complexity index is 215. The van der Waals surface area contributed by atoms with Crippen molar-refractivity contribution >= 4 is 5.97 Å². The molecule has 94 valence electrons. The summed E-state index contributed by atoms with van der Waals surface area (Å²) in [6.07, 6.45) is 6.96. The molecule has 1 saturated carbocycles. The molecule has 3 atom stereocenters. The molecule has 1 aliphatic rings. The molecule has 0 aromatic rings. The Kier molecular flexibility index (Phi) is 5.81. The number of carbonyl (C=O) groups is 1. The minimum atomic E-state index is -0.193. The molecule has 0 aromatic carbocycles. The van der Waals surface area contributed by atoms with Gasteiger partial charge in [0.05, 0.1) is 12.2 Å². The monoisotopic (exact) mass is 228 g/mol. The lowest BCUT2D eigenvalue weighted by atomic mass is 10.1. The van der Waals surface area contributed by atoms with Crippen molar-refractivity contribution in [2.24, 2.45) is 0 Å². The first-order valence-electron chi connectivity index (χ1n) is 6.46. The van der Waals surface area contributed by atoms with Crippen LogP contribution in [0.3, 0.4) is 0 Å². The fourth-order valence-electron chi connectivity index (χ4n) is 2.25. The molecule has 0 radical (unpaired) electrons. The van der Waals surface area contributed by atoms with Crippen molar-refractivity contribution in [3.05, 3.63) is 0 Å². The Morgan fingerprint density at radius 2 is 2.06 bits per heavy atom. The second kappa shape index (κ2) is 6.89. The van der Waals surface area contributed by atoms with E-state index >= 15 is 0 Å². The summed E-state index contributed by atoms with van der Waals surface area (Å²) in [6.45, 7) is 5.76. The van der Waals surface area contributed by atoms with Crippen molar-refractivity contribution in [3.63, 3.8) is 0 Å². The van der Waals surface area contributed by atoms with Crippen LogP contribution in [0.25, 0.3) is 0 Å². The average molecular weight is 228 g/mol. The molecule has 1 rings (SSSR count). The molecule has 0 bridgehead atoms. The maximum absolute atomic E-state index is 10.9. The Morgan fingerprint density at radius 1 is 1.38 bits per heavy atom. The van der Waals surface area contributed by atoms with Crippen LogP contribution in [-0.2, 0) is 14.3 Å². The zero-order chi connectivity index (χ0) is 12.0. The molecule has 0 heterocycles. The van der Waals surface area contributed by atoms with Crippen molar-refractivity contribution < 1.29 is 14.3 Å². The van der Waals surface area contributed by atoms with Crippen LogP contribution < -0.4 is 0 Å². The van der Waals surface area contributed by atoms with Gasteiger partial charge in [-0.1, -0.05) is 19.8 Å². The van der Waals surface area contributed by atoms with Crippen LogP contribution in [0.5, 0.6) is 0 Å². The van der Waals surface area contributed by atoms with Crippen molar-refractivity contribution in [3.8, 4) is 0 Å². The maximum Gasteiger partial charge on any atom is 0.302 e. The first-order chi connectivity index (χ1) is 7.63. The highest BCUT2D eigenvalue weighted by Gasteiger charge is 2.31. The van der Waals surface area contributed by atoms with E-state index in [4.69, 9.17) is 9.47 Å². The van der Waals surface area contributed by atoms with Crippen LogP contribution in [0, 0.1) is 0 Å². The van der Waals surface area contributed by atoms with Gasteiger partial charge in [0.2, 0.25) is 0 Å². The van der Waals surface area contributed by atoms with E-state index in [1.54, 1.807) is 0 Å². The normalized spacial score (nSPS) is 26.7. The predicted octanol–water partition coefficient (Wildman–Crippen LogP) is 3.07. The fraction of sp³-hybridized carbons (Fsp3) is 0.923. The van der Waals surface area contributed by atoms with Gasteiger partial charge in [-0.05, 0) is 32.6 Å². The number of rotatable bonds is 6. The molecular weight excluding hydrogens is 204 g/mol. The van der Waals surface area contributed by atoms with E-state index < -0.39 is 0 Å². The highest BCUT2D eigenvalue weighted by molar-refractivity contribution is 5.66. The molecule has 0 N–H and O–H groups in total. The second-order valence-electron chi connectivity index (χ2n) is 4.71. The summed E-state index contributed by atoms with van der Waals surface area (Å²) in [5.41, 5.74) is 0. The van der Waals surface area contributed by atoms with Gasteiger partial charge in [-0.15, -0.1) is 0 Å².